The summed E-state index contributed by atoms with van der Waals surface area (Å²) in [5.41, 5.74) is 9.83. The van der Waals surface area contributed by atoms with Crippen molar-refractivity contribution >= 4 is 10.9 Å². The molecule has 1 heterocycles. The molecule has 1 aromatic carbocycles. The van der Waals surface area contributed by atoms with Gasteiger partial charge in [0.1, 0.15) is 0 Å². The van der Waals surface area contributed by atoms with E-state index in [0.29, 0.717) is 6.54 Å². The minimum Gasteiger partial charge on any atom is -0.361 e. The molecule has 86 valence electrons. The monoisotopic (exact) mass is 216 g/mol. The number of nitrogens with two attached hydrogens (primary N) is 1. The Morgan fingerprint density at radius 2 is 2.06 bits per heavy atom. The van der Waals surface area contributed by atoms with Crippen LogP contribution in [0.3, 0.4) is 0 Å². The van der Waals surface area contributed by atoms with Crippen molar-refractivity contribution in [1.82, 2.24) is 4.98 Å². The van der Waals surface area contributed by atoms with Crippen molar-refractivity contribution in [2.45, 2.75) is 32.6 Å². The molecule has 0 fully saturated rings. The van der Waals surface area contributed by atoms with Crippen LogP contribution >= 0.6 is 0 Å². The summed E-state index contributed by atoms with van der Waals surface area (Å²) in [7, 11) is 0. The predicted molar refractivity (Wildman–Crippen MR) is 69.8 cm³/mol. The third-order valence-electron chi connectivity index (χ3n) is 3.42. The lowest BCUT2D eigenvalue weighted by Gasteiger charge is -2.21. The van der Waals surface area contributed by atoms with Gasteiger partial charge in [-0.3, -0.25) is 0 Å². The quantitative estimate of drug-likeness (QED) is 0.813. The molecule has 0 amide bonds. The molecular formula is C14H20N2. The second-order valence-electron chi connectivity index (χ2n) is 4.98. The second kappa shape index (κ2) is 3.95. The van der Waals surface area contributed by atoms with Gasteiger partial charge in [0.05, 0.1) is 0 Å². The van der Waals surface area contributed by atoms with Gasteiger partial charge in [0.2, 0.25) is 0 Å². The number of H-pyrrole nitrogens is 1. The van der Waals surface area contributed by atoms with Crippen molar-refractivity contribution in [3.05, 3.63) is 35.5 Å². The molecule has 3 N–H and O–H groups in total. The number of hydrogen-bond acceptors (Lipinski definition) is 1. The Labute approximate surface area is 96.9 Å². The topological polar surface area (TPSA) is 41.8 Å². The lowest BCUT2D eigenvalue weighted by molar-refractivity contribution is 0.544. The summed E-state index contributed by atoms with van der Waals surface area (Å²) >= 11 is 0. The van der Waals surface area contributed by atoms with Crippen molar-refractivity contribution in [3.63, 3.8) is 0 Å². The molecule has 0 saturated carbocycles. The van der Waals surface area contributed by atoms with Crippen molar-refractivity contribution in [1.29, 1.82) is 0 Å². The molecule has 16 heavy (non-hydrogen) atoms. The van der Waals surface area contributed by atoms with Crippen LogP contribution < -0.4 is 5.73 Å². The van der Waals surface area contributed by atoms with Gasteiger partial charge < -0.3 is 10.7 Å². The fourth-order valence-electron chi connectivity index (χ4n) is 2.18. The van der Waals surface area contributed by atoms with Gasteiger partial charge in [0.15, 0.2) is 0 Å². The highest BCUT2D eigenvalue weighted by atomic mass is 14.7. The highest BCUT2D eigenvalue weighted by molar-refractivity contribution is 5.87. The first-order valence-corrected chi connectivity index (χ1v) is 5.89. The summed E-state index contributed by atoms with van der Waals surface area (Å²) in [5.74, 6) is 0. The van der Waals surface area contributed by atoms with Gasteiger partial charge in [-0.05, 0) is 17.5 Å². The molecule has 0 aliphatic heterocycles. The highest BCUT2D eigenvalue weighted by Gasteiger charge is 2.22. The minimum atomic E-state index is 0.0324. The smallest absolute Gasteiger partial charge is 0.0489 e. The average Bonchev–Trinajstić information content (AvgIpc) is 2.73. The average molecular weight is 216 g/mol. The standard InChI is InChI=1S/C14H20N2/c1-4-10-6-5-7-11-12(8-16-13(10)11)14(2,3)9-15/h5-8,16H,4,9,15H2,1-3H3. The molecule has 2 rings (SSSR count). The lowest BCUT2D eigenvalue weighted by Crippen LogP contribution is -2.27. The van der Waals surface area contributed by atoms with E-state index in [1.807, 2.05) is 0 Å². The van der Waals surface area contributed by atoms with Crippen LogP contribution in [-0.2, 0) is 11.8 Å². The van der Waals surface area contributed by atoms with Crippen molar-refractivity contribution < 1.29 is 0 Å². The van der Waals surface area contributed by atoms with Gasteiger partial charge in [0.25, 0.3) is 0 Å². The third kappa shape index (κ3) is 1.63. The Morgan fingerprint density at radius 1 is 1.31 bits per heavy atom. The maximum absolute atomic E-state index is 5.85. The van der Waals surface area contributed by atoms with E-state index in [9.17, 15) is 0 Å². The Bertz CT molecular complexity index is 494. The number of benzene rings is 1. The number of aryl methyl sites for hydroxylation is 1. The minimum absolute atomic E-state index is 0.0324. The second-order valence-corrected chi connectivity index (χ2v) is 4.98. The van der Waals surface area contributed by atoms with Gasteiger partial charge in [0, 0.05) is 29.1 Å². The number of aromatic nitrogens is 1. The molecule has 0 radical (unpaired) electrons. The van der Waals surface area contributed by atoms with Gasteiger partial charge in [-0.25, -0.2) is 0 Å². The number of fused-ring (bicyclic) bond motifs is 1. The molecule has 0 unspecified atom stereocenters. The maximum atomic E-state index is 5.85. The Morgan fingerprint density at radius 3 is 2.69 bits per heavy atom. The van der Waals surface area contributed by atoms with E-state index in [1.165, 1.54) is 22.0 Å². The number of aromatic amines is 1. The summed E-state index contributed by atoms with van der Waals surface area (Å²) in [5, 5.41) is 1.31. The lowest BCUT2D eigenvalue weighted by atomic mass is 9.84. The van der Waals surface area contributed by atoms with Crippen LogP contribution in [0.4, 0.5) is 0 Å². The van der Waals surface area contributed by atoms with E-state index >= 15 is 0 Å². The van der Waals surface area contributed by atoms with Gasteiger partial charge in [-0.15, -0.1) is 0 Å². The molecular weight excluding hydrogens is 196 g/mol. The third-order valence-corrected chi connectivity index (χ3v) is 3.42. The molecule has 0 aliphatic rings. The van der Waals surface area contributed by atoms with Crippen LogP contribution in [0.25, 0.3) is 10.9 Å². The zero-order valence-electron chi connectivity index (χ0n) is 10.3. The van der Waals surface area contributed by atoms with E-state index in [2.05, 4.69) is 50.2 Å². The fraction of sp³-hybridized carbons (Fsp3) is 0.429. The summed E-state index contributed by atoms with van der Waals surface area (Å²) in [6, 6.07) is 6.49. The van der Waals surface area contributed by atoms with Crippen molar-refractivity contribution in [2.75, 3.05) is 6.54 Å². The molecule has 2 aromatic rings. The van der Waals surface area contributed by atoms with Crippen LogP contribution in [0.5, 0.6) is 0 Å². The van der Waals surface area contributed by atoms with E-state index in [0.717, 1.165) is 6.42 Å². The summed E-state index contributed by atoms with van der Waals surface area (Å²) < 4.78 is 0. The first-order chi connectivity index (χ1) is 7.60. The van der Waals surface area contributed by atoms with E-state index in [1.54, 1.807) is 0 Å². The van der Waals surface area contributed by atoms with Gasteiger partial charge in [-0.1, -0.05) is 39.0 Å². The molecule has 2 heteroatoms. The van der Waals surface area contributed by atoms with Gasteiger partial charge in [-0.2, -0.15) is 0 Å². The summed E-state index contributed by atoms with van der Waals surface area (Å²) in [4.78, 5) is 3.39. The van der Waals surface area contributed by atoms with Crippen molar-refractivity contribution in [2.24, 2.45) is 5.73 Å². The molecule has 0 saturated heterocycles. The SMILES string of the molecule is CCc1cccc2c(C(C)(C)CN)c[nH]c12. The normalized spacial score (nSPS) is 12.2. The van der Waals surface area contributed by atoms with Crippen LogP contribution in [0.15, 0.2) is 24.4 Å². The molecule has 0 aliphatic carbocycles. The van der Waals surface area contributed by atoms with E-state index in [-0.39, 0.29) is 5.41 Å². The largest absolute Gasteiger partial charge is 0.361 e. The Balaban J connectivity index is 2.66. The molecule has 0 atom stereocenters. The highest BCUT2D eigenvalue weighted by Crippen LogP contribution is 2.31. The summed E-state index contributed by atoms with van der Waals surface area (Å²) in [6.07, 6.45) is 3.16. The van der Waals surface area contributed by atoms with Crippen LogP contribution in [0.1, 0.15) is 31.9 Å². The fourth-order valence-corrected chi connectivity index (χ4v) is 2.18. The first-order valence-electron chi connectivity index (χ1n) is 5.89. The molecule has 0 spiro atoms. The van der Waals surface area contributed by atoms with Crippen LogP contribution in [-0.4, -0.2) is 11.5 Å². The van der Waals surface area contributed by atoms with Crippen LogP contribution in [0, 0.1) is 0 Å². The first kappa shape index (κ1) is 11.2. The molecule has 2 nitrogen and oxygen atoms in total. The summed E-state index contributed by atoms with van der Waals surface area (Å²) in [6.45, 7) is 7.22. The molecule has 0 bridgehead atoms. The Hall–Kier alpha value is -1.28. The predicted octanol–water partition coefficient (Wildman–Crippen LogP) is 2.97. The van der Waals surface area contributed by atoms with Crippen molar-refractivity contribution in [3.8, 4) is 0 Å². The number of nitrogens with one attached hydrogen (secondary N) is 1. The number of rotatable bonds is 3. The van der Waals surface area contributed by atoms with E-state index in [4.69, 9.17) is 5.73 Å². The number of para-hydroxylation sites is 1. The van der Waals surface area contributed by atoms with E-state index < -0.39 is 0 Å². The Kier molecular flexibility index (Phi) is 2.76. The number of hydrogen-bond donors (Lipinski definition) is 2. The van der Waals surface area contributed by atoms with Gasteiger partial charge >= 0.3 is 0 Å². The zero-order valence-corrected chi connectivity index (χ0v) is 10.3. The maximum Gasteiger partial charge on any atom is 0.0489 e. The zero-order chi connectivity index (χ0) is 11.8. The molecule has 1 aromatic heterocycles. The van der Waals surface area contributed by atoms with Crippen LogP contribution in [0.2, 0.25) is 0 Å².